The van der Waals surface area contributed by atoms with Crippen LogP contribution >= 0.6 is 0 Å². The molecule has 112 valence electrons. The highest BCUT2D eigenvalue weighted by atomic mass is 16.5. The van der Waals surface area contributed by atoms with E-state index in [0.717, 1.165) is 19.4 Å². The number of anilines is 2. The number of nitrogens with zero attached hydrogens (tertiary/aromatic N) is 3. The predicted molar refractivity (Wildman–Crippen MR) is 74.9 cm³/mol. The summed E-state index contributed by atoms with van der Waals surface area (Å²) < 4.78 is 9.93. The van der Waals surface area contributed by atoms with E-state index in [9.17, 15) is 4.79 Å². The van der Waals surface area contributed by atoms with Gasteiger partial charge in [-0.1, -0.05) is 13.8 Å². The molecule has 0 atom stereocenters. The molecule has 0 saturated heterocycles. The fourth-order valence-corrected chi connectivity index (χ4v) is 1.23. The standard InChI is InChI=1S/C12H21N5O3/c1-4-6-13-10-15-11(14-8-9(18)19-3)17-12(16-10)20-7-5-2/h4-8H2,1-3H3,(H2,13,14,15,16,17). The summed E-state index contributed by atoms with van der Waals surface area (Å²) in [7, 11) is 1.32. The van der Waals surface area contributed by atoms with E-state index in [2.05, 4.69) is 30.3 Å². The van der Waals surface area contributed by atoms with Gasteiger partial charge in [0.2, 0.25) is 11.9 Å². The lowest BCUT2D eigenvalue weighted by molar-refractivity contribution is -0.138. The second kappa shape index (κ2) is 8.89. The van der Waals surface area contributed by atoms with Crippen LogP contribution in [0, 0.1) is 0 Å². The molecule has 0 radical (unpaired) electrons. The number of hydrogen-bond acceptors (Lipinski definition) is 8. The van der Waals surface area contributed by atoms with Crippen molar-refractivity contribution in [3.63, 3.8) is 0 Å². The van der Waals surface area contributed by atoms with Gasteiger partial charge in [-0.3, -0.25) is 4.79 Å². The van der Waals surface area contributed by atoms with Crippen molar-refractivity contribution >= 4 is 17.9 Å². The number of aromatic nitrogens is 3. The van der Waals surface area contributed by atoms with Crippen LogP contribution in [-0.2, 0) is 9.53 Å². The van der Waals surface area contributed by atoms with Crippen molar-refractivity contribution in [2.75, 3.05) is 37.4 Å². The normalized spacial score (nSPS) is 9.95. The van der Waals surface area contributed by atoms with E-state index in [4.69, 9.17) is 4.74 Å². The molecular weight excluding hydrogens is 262 g/mol. The third-order valence-corrected chi connectivity index (χ3v) is 2.20. The monoisotopic (exact) mass is 283 g/mol. The van der Waals surface area contributed by atoms with Crippen LogP contribution in [-0.4, -0.2) is 47.7 Å². The zero-order valence-electron chi connectivity index (χ0n) is 12.1. The van der Waals surface area contributed by atoms with Crippen molar-refractivity contribution in [2.24, 2.45) is 0 Å². The number of esters is 1. The van der Waals surface area contributed by atoms with Gasteiger partial charge in [0.1, 0.15) is 6.54 Å². The first kappa shape index (κ1) is 15.9. The van der Waals surface area contributed by atoms with Gasteiger partial charge in [-0.2, -0.15) is 15.0 Å². The lowest BCUT2D eigenvalue weighted by Crippen LogP contribution is -2.18. The maximum Gasteiger partial charge on any atom is 0.325 e. The minimum atomic E-state index is -0.399. The summed E-state index contributed by atoms with van der Waals surface area (Å²) in [5.41, 5.74) is 0. The Bertz CT molecular complexity index is 401. The molecule has 0 unspecified atom stereocenters. The highest BCUT2D eigenvalue weighted by molar-refractivity contribution is 5.74. The van der Waals surface area contributed by atoms with Gasteiger partial charge < -0.3 is 20.1 Å². The Labute approximate surface area is 118 Å². The first-order chi connectivity index (χ1) is 9.69. The van der Waals surface area contributed by atoms with E-state index >= 15 is 0 Å². The lowest BCUT2D eigenvalue weighted by atomic mass is 10.5. The molecule has 0 aliphatic carbocycles. The quantitative estimate of drug-likeness (QED) is 0.649. The molecular formula is C12H21N5O3. The van der Waals surface area contributed by atoms with Crippen molar-refractivity contribution in [3.8, 4) is 6.01 Å². The zero-order valence-corrected chi connectivity index (χ0v) is 12.1. The molecule has 0 fully saturated rings. The maximum atomic E-state index is 11.1. The van der Waals surface area contributed by atoms with Crippen molar-refractivity contribution in [1.29, 1.82) is 0 Å². The average Bonchev–Trinajstić information content (AvgIpc) is 2.48. The van der Waals surface area contributed by atoms with E-state index in [-0.39, 0.29) is 18.5 Å². The SMILES string of the molecule is CCCNc1nc(NCC(=O)OC)nc(OCCC)n1. The van der Waals surface area contributed by atoms with Crippen LogP contribution in [0.3, 0.4) is 0 Å². The number of nitrogens with one attached hydrogen (secondary N) is 2. The summed E-state index contributed by atoms with van der Waals surface area (Å²) in [6.07, 6.45) is 1.80. The highest BCUT2D eigenvalue weighted by Crippen LogP contribution is 2.11. The number of carbonyl (C=O) groups excluding carboxylic acids is 1. The summed E-state index contributed by atoms with van der Waals surface area (Å²) in [6, 6.07) is 0.229. The lowest BCUT2D eigenvalue weighted by Gasteiger charge is -2.09. The zero-order chi connectivity index (χ0) is 14.8. The summed E-state index contributed by atoms with van der Waals surface area (Å²) in [4.78, 5) is 23.5. The van der Waals surface area contributed by atoms with Crippen LogP contribution in [0.4, 0.5) is 11.9 Å². The minimum Gasteiger partial charge on any atom is -0.468 e. The van der Waals surface area contributed by atoms with E-state index in [1.54, 1.807) is 0 Å². The Hall–Kier alpha value is -2.12. The second-order valence-electron chi connectivity index (χ2n) is 3.97. The highest BCUT2D eigenvalue weighted by Gasteiger charge is 2.08. The van der Waals surface area contributed by atoms with E-state index < -0.39 is 5.97 Å². The molecule has 0 aliphatic rings. The molecule has 0 saturated carbocycles. The molecule has 1 aromatic rings. The van der Waals surface area contributed by atoms with Gasteiger partial charge in [0.05, 0.1) is 13.7 Å². The van der Waals surface area contributed by atoms with Gasteiger partial charge in [0.25, 0.3) is 0 Å². The van der Waals surface area contributed by atoms with Crippen molar-refractivity contribution < 1.29 is 14.3 Å². The first-order valence-corrected chi connectivity index (χ1v) is 6.63. The Morgan fingerprint density at radius 3 is 2.40 bits per heavy atom. The Morgan fingerprint density at radius 2 is 1.80 bits per heavy atom. The van der Waals surface area contributed by atoms with Gasteiger partial charge in [-0.25, -0.2) is 0 Å². The van der Waals surface area contributed by atoms with Crippen LogP contribution in [0.15, 0.2) is 0 Å². The average molecular weight is 283 g/mol. The van der Waals surface area contributed by atoms with Crippen LogP contribution in [0.1, 0.15) is 26.7 Å². The predicted octanol–water partition coefficient (Wildman–Crippen LogP) is 1.07. The number of rotatable bonds is 9. The van der Waals surface area contributed by atoms with Crippen LogP contribution in [0.5, 0.6) is 6.01 Å². The number of methoxy groups -OCH3 is 1. The third-order valence-electron chi connectivity index (χ3n) is 2.20. The molecule has 8 nitrogen and oxygen atoms in total. The van der Waals surface area contributed by atoms with Gasteiger partial charge in [0, 0.05) is 6.54 Å². The molecule has 1 heterocycles. The summed E-state index contributed by atoms with van der Waals surface area (Å²) in [5, 5.41) is 5.83. The topological polar surface area (TPSA) is 98.3 Å². The molecule has 0 spiro atoms. The molecule has 1 rings (SSSR count). The van der Waals surface area contributed by atoms with E-state index in [1.807, 2.05) is 13.8 Å². The van der Waals surface area contributed by atoms with E-state index in [0.29, 0.717) is 12.6 Å². The molecule has 2 N–H and O–H groups in total. The molecule has 0 aliphatic heterocycles. The molecule has 1 aromatic heterocycles. The molecule has 0 amide bonds. The number of hydrogen-bond donors (Lipinski definition) is 2. The molecule has 8 heteroatoms. The van der Waals surface area contributed by atoms with Gasteiger partial charge >= 0.3 is 12.0 Å². The third kappa shape index (κ3) is 5.68. The van der Waals surface area contributed by atoms with Crippen molar-refractivity contribution in [3.05, 3.63) is 0 Å². The fraction of sp³-hybridized carbons (Fsp3) is 0.667. The van der Waals surface area contributed by atoms with Crippen molar-refractivity contribution in [2.45, 2.75) is 26.7 Å². The van der Waals surface area contributed by atoms with Crippen LogP contribution < -0.4 is 15.4 Å². The Balaban J connectivity index is 2.76. The van der Waals surface area contributed by atoms with Gasteiger partial charge in [0.15, 0.2) is 0 Å². The van der Waals surface area contributed by atoms with Gasteiger partial charge in [-0.15, -0.1) is 0 Å². The number of ether oxygens (including phenoxy) is 2. The van der Waals surface area contributed by atoms with Crippen LogP contribution in [0.2, 0.25) is 0 Å². The minimum absolute atomic E-state index is 0.0129. The first-order valence-electron chi connectivity index (χ1n) is 6.63. The fourth-order valence-electron chi connectivity index (χ4n) is 1.23. The van der Waals surface area contributed by atoms with Crippen LogP contribution in [0.25, 0.3) is 0 Å². The van der Waals surface area contributed by atoms with Crippen molar-refractivity contribution in [1.82, 2.24) is 15.0 Å². The second-order valence-corrected chi connectivity index (χ2v) is 3.97. The van der Waals surface area contributed by atoms with Gasteiger partial charge in [-0.05, 0) is 12.8 Å². The maximum absolute atomic E-state index is 11.1. The Morgan fingerprint density at radius 1 is 1.10 bits per heavy atom. The molecule has 0 bridgehead atoms. The Kier molecular flexibility index (Phi) is 7.08. The van der Waals surface area contributed by atoms with E-state index in [1.165, 1.54) is 7.11 Å². The summed E-state index contributed by atoms with van der Waals surface area (Å²) in [5.74, 6) is 0.292. The summed E-state index contributed by atoms with van der Waals surface area (Å²) in [6.45, 7) is 5.29. The molecule has 20 heavy (non-hydrogen) atoms. The summed E-state index contributed by atoms with van der Waals surface area (Å²) >= 11 is 0. The largest absolute Gasteiger partial charge is 0.468 e. The number of carbonyl (C=O) groups is 1. The molecule has 0 aromatic carbocycles. The smallest absolute Gasteiger partial charge is 0.325 e.